The maximum Gasteiger partial charge on any atom is 0.471 e. The zero-order valence-electron chi connectivity index (χ0n) is 16.0. The van der Waals surface area contributed by atoms with Crippen LogP contribution >= 0.6 is 0 Å². The quantitative estimate of drug-likeness (QED) is 0.540. The molecule has 162 valence electrons. The molecular weight excluding hydrogens is 417 g/mol. The van der Waals surface area contributed by atoms with Crippen LogP contribution in [-0.2, 0) is 20.5 Å². The Balaban J connectivity index is 1.97. The summed E-state index contributed by atoms with van der Waals surface area (Å²) in [6, 6.07) is -0.0408. The lowest BCUT2D eigenvalue weighted by molar-refractivity contribution is -0.159. The van der Waals surface area contributed by atoms with Crippen molar-refractivity contribution in [3.8, 4) is 11.4 Å². The van der Waals surface area contributed by atoms with Crippen LogP contribution in [0.4, 0.5) is 27.6 Å². The van der Waals surface area contributed by atoms with Crippen LogP contribution in [0.25, 0.3) is 11.4 Å². The van der Waals surface area contributed by atoms with Crippen LogP contribution in [0.5, 0.6) is 0 Å². The molecule has 0 bridgehead atoms. The number of anilines is 1. The standard InChI is InChI=1S/C18H16F5N3O4/c1-17(2,3)29-15(28)11-4-5-13(27)26(11)12-7-9(19)8(6-10(12)20)14-24-16(30-25-14)18(21,22)23/h6-7,11H,4-5H2,1-3H3. The van der Waals surface area contributed by atoms with E-state index in [9.17, 15) is 31.5 Å². The second kappa shape index (κ2) is 7.33. The SMILES string of the molecule is CC(C)(C)OC(=O)C1CCC(=O)N1c1cc(F)c(-c2noc(C(F)(F)F)n2)cc1F. The molecule has 3 rings (SSSR count). The van der Waals surface area contributed by atoms with Gasteiger partial charge in [0.2, 0.25) is 11.7 Å². The highest BCUT2D eigenvalue weighted by Gasteiger charge is 2.42. The van der Waals surface area contributed by atoms with Crippen molar-refractivity contribution in [2.24, 2.45) is 0 Å². The van der Waals surface area contributed by atoms with Gasteiger partial charge in [-0.1, -0.05) is 5.16 Å². The molecule has 0 radical (unpaired) electrons. The van der Waals surface area contributed by atoms with Gasteiger partial charge in [0.25, 0.3) is 0 Å². The lowest BCUT2D eigenvalue weighted by Gasteiger charge is -2.27. The number of carbonyl (C=O) groups excluding carboxylic acids is 2. The first-order valence-corrected chi connectivity index (χ1v) is 8.73. The second-order valence-corrected chi connectivity index (χ2v) is 7.56. The van der Waals surface area contributed by atoms with Crippen LogP contribution in [0.1, 0.15) is 39.5 Å². The Morgan fingerprint density at radius 1 is 1.20 bits per heavy atom. The lowest BCUT2D eigenvalue weighted by Crippen LogP contribution is -2.42. The van der Waals surface area contributed by atoms with Gasteiger partial charge in [0.15, 0.2) is 0 Å². The summed E-state index contributed by atoms with van der Waals surface area (Å²) in [6.07, 6.45) is -5.01. The molecule has 1 atom stereocenters. The summed E-state index contributed by atoms with van der Waals surface area (Å²) in [5, 5.41) is 3.01. The molecule has 1 saturated heterocycles. The molecule has 0 aliphatic carbocycles. The van der Waals surface area contributed by atoms with Gasteiger partial charge >= 0.3 is 18.0 Å². The summed E-state index contributed by atoms with van der Waals surface area (Å²) >= 11 is 0. The molecule has 1 aliphatic heterocycles. The fraction of sp³-hybridized carbons (Fsp3) is 0.444. The maximum atomic E-state index is 14.7. The minimum Gasteiger partial charge on any atom is -0.458 e. The number of ether oxygens (including phenoxy) is 1. The number of benzene rings is 1. The molecule has 1 fully saturated rings. The monoisotopic (exact) mass is 433 g/mol. The van der Waals surface area contributed by atoms with Crippen molar-refractivity contribution in [2.75, 3.05) is 4.90 Å². The van der Waals surface area contributed by atoms with Crippen LogP contribution < -0.4 is 4.90 Å². The summed E-state index contributed by atoms with van der Waals surface area (Å²) in [6.45, 7) is 4.84. The molecule has 1 amide bonds. The average molecular weight is 433 g/mol. The number of aromatic nitrogens is 2. The molecule has 1 unspecified atom stereocenters. The predicted molar refractivity (Wildman–Crippen MR) is 91.0 cm³/mol. The van der Waals surface area contributed by atoms with Crippen molar-refractivity contribution in [3.05, 3.63) is 29.7 Å². The highest BCUT2D eigenvalue weighted by molar-refractivity contribution is 6.02. The molecule has 1 aromatic carbocycles. The van der Waals surface area contributed by atoms with Gasteiger partial charge < -0.3 is 9.26 Å². The number of hydrogen-bond acceptors (Lipinski definition) is 6. The van der Waals surface area contributed by atoms with Gasteiger partial charge in [-0.15, -0.1) is 0 Å². The number of esters is 1. The van der Waals surface area contributed by atoms with E-state index in [1.165, 1.54) is 0 Å². The average Bonchev–Trinajstić information content (AvgIpc) is 3.22. The largest absolute Gasteiger partial charge is 0.471 e. The summed E-state index contributed by atoms with van der Waals surface area (Å²) in [4.78, 5) is 28.5. The van der Waals surface area contributed by atoms with Crippen LogP contribution in [0.3, 0.4) is 0 Å². The van der Waals surface area contributed by atoms with Crippen LogP contribution in [-0.4, -0.2) is 33.7 Å². The Labute approximate surface area is 166 Å². The van der Waals surface area contributed by atoms with Crippen LogP contribution in [0.15, 0.2) is 16.7 Å². The van der Waals surface area contributed by atoms with E-state index >= 15 is 0 Å². The van der Waals surface area contributed by atoms with Crippen molar-refractivity contribution in [2.45, 2.75) is 51.4 Å². The Morgan fingerprint density at radius 2 is 1.87 bits per heavy atom. The Bertz CT molecular complexity index is 997. The van der Waals surface area contributed by atoms with E-state index in [1.807, 2.05) is 0 Å². The molecule has 2 heterocycles. The predicted octanol–water partition coefficient (Wildman–Crippen LogP) is 3.87. The molecule has 1 aromatic heterocycles. The molecule has 12 heteroatoms. The first-order chi connectivity index (χ1) is 13.8. The summed E-state index contributed by atoms with van der Waals surface area (Å²) in [7, 11) is 0. The highest BCUT2D eigenvalue weighted by Crippen LogP contribution is 2.35. The van der Waals surface area contributed by atoms with Gasteiger partial charge in [-0.3, -0.25) is 9.69 Å². The van der Waals surface area contributed by atoms with E-state index in [1.54, 1.807) is 20.8 Å². The maximum absolute atomic E-state index is 14.7. The van der Waals surface area contributed by atoms with Gasteiger partial charge in [0.1, 0.15) is 23.3 Å². The van der Waals surface area contributed by atoms with Crippen LogP contribution in [0.2, 0.25) is 0 Å². The minimum atomic E-state index is -4.96. The van der Waals surface area contributed by atoms with Gasteiger partial charge in [0, 0.05) is 12.5 Å². The Hall–Kier alpha value is -3.05. The van der Waals surface area contributed by atoms with Crippen LogP contribution in [0, 0.1) is 11.6 Å². The van der Waals surface area contributed by atoms with E-state index in [-0.39, 0.29) is 12.8 Å². The smallest absolute Gasteiger partial charge is 0.458 e. The molecule has 7 nitrogen and oxygen atoms in total. The van der Waals surface area contributed by atoms with Crippen molar-refractivity contribution in [1.82, 2.24) is 10.1 Å². The molecule has 1 aliphatic rings. The van der Waals surface area contributed by atoms with Crippen molar-refractivity contribution < 1.29 is 40.8 Å². The molecule has 0 spiro atoms. The zero-order chi connectivity index (χ0) is 22.4. The van der Waals surface area contributed by atoms with E-state index < -0.39 is 64.3 Å². The molecule has 2 aromatic rings. The minimum absolute atomic E-state index is 0.0380. The number of halogens is 5. The number of carbonyl (C=O) groups is 2. The third-order valence-corrected chi connectivity index (χ3v) is 4.10. The summed E-state index contributed by atoms with van der Waals surface area (Å²) < 4.78 is 76.3. The van der Waals surface area contributed by atoms with Crippen molar-refractivity contribution in [1.29, 1.82) is 0 Å². The van der Waals surface area contributed by atoms with Gasteiger partial charge in [0.05, 0.1) is 11.3 Å². The Morgan fingerprint density at radius 3 is 2.43 bits per heavy atom. The number of amides is 1. The van der Waals surface area contributed by atoms with Gasteiger partial charge in [-0.25, -0.2) is 13.6 Å². The normalized spacial score (nSPS) is 17.5. The molecule has 0 N–H and O–H groups in total. The number of rotatable bonds is 3. The molecular formula is C18H16F5N3O4. The number of alkyl halides is 3. The molecule has 30 heavy (non-hydrogen) atoms. The zero-order valence-corrected chi connectivity index (χ0v) is 16.0. The highest BCUT2D eigenvalue weighted by atomic mass is 19.4. The van der Waals surface area contributed by atoms with Gasteiger partial charge in [-0.05, 0) is 33.3 Å². The van der Waals surface area contributed by atoms with Gasteiger partial charge in [-0.2, -0.15) is 18.2 Å². The van der Waals surface area contributed by atoms with Crippen molar-refractivity contribution in [3.63, 3.8) is 0 Å². The number of hydrogen-bond donors (Lipinski definition) is 0. The number of nitrogens with zero attached hydrogens (tertiary/aromatic N) is 3. The lowest BCUT2D eigenvalue weighted by atomic mass is 10.1. The van der Waals surface area contributed by atoms with Crippen molar-refractivity contribution >= 4 is 17.6 Å². The summed E-state index contributed by atoms with van der Waals surface area (Å²) in [5.41, 5.74) is -2.11. The van der Waals surface area contributed by atoms with E-state index in [0.29, 0.717) is 12.1 Å². The Kier molecular flexibility index (Phi) is 5.29. The van der Waals surface area contributed by atoms with E-state index in [0.717, 1.165) is 4.90 Å². The topological polar surface area (TPSA) is 85.5 Å². The summed E-state index contributed by atoms with van der Waals surface area (Å²) in [5.74, 6) is -6.32. The fourth-order valence-corrected chi connectivity index (χ4v) is 2.92. The van der Waals surface area contributed by atoms with E-state index in [2.05, 4.69) is 14.7 Å². The third-order valence-electron chi connectivity index (χ3n) is 4.10. The molecule has 0 saturated carbocycles. The van der Waals surface area contributed by atoms with E-state index in [4.69, 9.17) is 4.74 Å². The first-order valence-electron chi connectivity index (χ1n) is 8.73. The third kappa shape index (κ3) is 4.26. The second-order valence-electron chi connectivity index (χ2n) is 7.56. The first kappa shape index (κ1) is 21.7. The fourth-order valence-electron chi connectivity index (χ4n) is 2.92.